The number of hydrogen-bond acceptors (Lipinski definition) is 2. The normalized spacial score (nSPS) is 13.6. The van der Waals surface area contributed by atoms with Crippen molar-refractivity contribution in [2.45, 2.75) is 119 Å². The zero-order chi connectivity index (χ0) is 19.8. The van der Waals surface area contributed by atoms with E-state index in [4.69, 9.17) is 4.99 Å². The second-order valence-electron chi connectivity index (χ2n) is 7.63. The Morgan fingerprint density at radius 2 is 1.50 bits per heavy atom. The molecule has 26 heavy (non-hydrogen) atoms. The summed E-state index contributed by atoms with van der Waals surface area (Å²) < 4.78 is 0. The number of rotatable bonds is 15. The minimum atomic E-state index is 0.629. The first-order chi connectivity index (χ1) is 12.5. The number of nitrogens with zero attached hydrogens (tertiary/aromatic N) is 2. The summed E-state index contributed by atoms with van der Waals surface area (Å²) in [4.78, 5) is 7.61. The van der Waals surface area contributed by atoms with Gasteiger partial charge < -0.3 is 4.90 Å². The van der Waals surface area contributed by atoms with Gasteiger partial charge in [0.05, 0.1) is 0 Å². The number of aliphatic imine (C=N–C) groups is 1. The highest BCUT2D eigenvalue weighted by Gasteiger charge is 2.20. The molecule has 0 aromatic heterocycles. The lowest BCUT2D eigenvalue weighted by atomic mass is 10.0. The molecule has 0 amide bonds. The Labute approximate surface area is 164 Å². The summed E-state index contributed by atoms with van der Waals surface area (Å²) >= 11 is 0. The van der Waals surface area contributed by atoms with Crippen molar-refractivity contribution in [3.63, 3.8) is 0 Å². The second kappa shape index (κ2) is 16.1. The van der Waals surface area contributed by atoms with E-state index in [0.29, 0.717) is 6.04 Å². The van der Waals surface area contributed by atoms with Gasteiger partial charge in [0.2, 0.25) is 0 Å². The quantitative estimate of drug-likeness (QED) is 0.270. The first kappa shape index (κ1) is 24.9. The van der Waals surface area contributed by atoms with Crippen LogP contribution in [0.2, 0.25) is 0 Å². The largest absolute Gasteiger partial charge is 0.354 e. The van der Waals surface area contributed by atoms with Crippen molar-refractivity contribution in [2.75, 3.05) is 6.54 Å². The fourth-order valence-corrected chi connectivity index (χ4v) is 3.34. The van der Waals surface area contributed by atoms with Crippen molar-refractivity contribution in [2.24, 2.45) is 4.99 Å². The Morgan fingerprint density at radius 1 is 0.885 bits per heavy atom. The van der Waals surface area contributed by atoms with Crippen molar-refractivity contribution < 1.29 is 0 Å². The summed E-state index contributed by atoms with van der Waals surface area (Å²) in [6, 6.07) is 0.629. The Hall–Kier alpha value is -1.05. The summed E-state index contributed by atoms with van der Waals surface area (Å²) in [7, 11) is 0. The standard InChI is InChI=1S/C24H46N2/c1-8-13-16-23(17-14-9-2)26(20-11-4)24(22(7)12-5)25-19-18-21(6)15-10-3/h18-19,23H,8-17,20H2,1-7H3/b21-18+,24-22-,25-19-. The van der Waals surface area contributed by atoms with E-state index in [9.17, 15) is 0 Å². The smallest absolute Gasteiger partial charge is 0.127 e. The van der Waals surface area contributed by atoms with Crippen LogP contribution in [0.25, 0.3) is 0 Å². The molecule has 0 unspecified atom stereocenters. The van der Waals surface area contributed by atoms with E-state index in [2.05, 4.69) is 59.4 Å². The fourth-order valence-electron chi connectivity index (χ4n) is 3.34. The third-order valence-corrected chi connectivity index (χ3v) is 5.07. The van der Waals surface area contributed by atoms with Crippen LogP contribution in [-0.2, 0) is 0 Å². The van der Waals surface area contributed by atoms with Crippen LogP contribution < -0.4 is 0 Å². The van der Waals surface area contributed by atoms with Crippen molar-refractivity contribution in [1.82, 2.24) is 4.90 Å². The summed E-state index contributed by atoms with van der Waals surface area (Å²) in [6.45, 7) is 17.0. The first-order valence-corrected chi connectivity index (χ1v) is 11.2. The molecule has 0 aromatic rings. The van der Waals surface area contributed by atoms with E-state index in [0.717, 1.165) is 19.4 Å². The maximum atomic E-state index is 4.98. The molecule has 0 aliphatic heterocycles. The zero-order valence-electron chi connectivity index (χ0n) is 18.9. The highest BCUT2D eigenvalue weighted by Crippen LogP contribution is 2.24. The van der Waals surface area contributed by atoms with Gasteiger partial charge in [0.25, 0.3) is 0 Å². The van der Waals surface area contributed by atoms with Crippen molar-refractivity contribution in [3.8, 4) is 0 Å². The van der Waals surface area contributed by atoms with Crippen LogP contribution >= 0.6 is 0 Å². The van der Waals surface area contributed by atoms with Crippen LogP contribution in [0.5, 0.6) is 0 Å². The number of unbranched alkanes of at least 4 members (excludes halogenated alkanes) is 2. The molecule has 0 saturated carbocycles. The van der Waals surface area contributed by atoms with Gasteiger partial charge in [-0.2, -0.15) is 0 Å². The summed E-state index contributed by atoms with van der Waals surface area (Å²) in [6.07, 6.45) is 16.6. The predicted octanol–water partition coefficient (Wildman–Crippen LogP) is 7.91. The number of hydrogen-bond donors (Lipinski definition) is 0. The Balaban J connectivity index is 5.61. The van der Waals surface area contributed by atoms with Crippen LogP contribution in [0.15, 0.2) is 28.0 Å². The molecule has 0 bridgehead atoms. The molecule has 0 spiro atoms. The maximum Gasteiger partial charge on any atom is 0.127 e. The first-order valence-electron chi connectivity index (χ1n) is 11.2. The third kappa shape index (κ3) is 10.2. The lowest BCUT2D eigenvalue weighted by Gasteiger charge is -2.35. The SMILES string of the molecule is CCCCC(CCCC)N(CCC)C(/N=C\C=C(/C)CCC)=C(/C)CC. The molecular weight excluding hydrogens is 316 g/mol. The van der Waals surface area contributed by atoms with Crippen LogP contribution in [0.4, 0.5) is 0 Å². The van der Waals surface area contributed by atoms with E-state index in [-0.39, 0.29) is 0 Å². The molecule has 0 heterocycles. The van der Waals surface area contributed by atoms with E-state index >= 15 is 0 Å². The third-order valence-electron chi connectivity index (χ3n) is 5.07. The van der Waals surface area contributed by atoms with Gasteiger partial charge in [-0.3, -0.25) is 0 Å². The highest BCUT2D eigenvalue weighted by molar-refractivity contribution is 5.73. The van der Waals surface area contributed by atoms with Gasteiger partial charge >= 0.3 is 0 Å². The van der Waals surface area contributed by atoms with Crippen LogP contribution in [-0.4, -0.2) is 23.7 Å². The summed E-state index contributed by atoms with van der Waals surface area (Å²) in [5.74, 6) is 1.23. The average molecular weight is 363 g/mol. The van der Waals surface area contributed by atoms with E-state index in [1.54, 1.807) is 0 Å². The lowest BCUT2D eigenvalue weighted by molar-refractivity contribution is 0.216. The van der Waals surface area contributed by atoms with Crippen LogP contribution in [0, 0.1) is 0 Å². The second-order valence-corrected chi connectivity index (χ2v) is 7.63. The molecule has 2 heteroatoms. The minimum Gasteiger partial charge on any atom is -0.354 e. The van der Waals surface area contributed by atoms with Gasteiger partial charge in [0.15, 0.2) is 0 Å². The van der Waals surface area contributed by atoms with Gasteiger partial charge in [-0.1, -0.05) is 72.3 Å². The van der Waals surface area contributed by atoms with E-state index < -0.39 is 0 Å². The summed E-state index contributed by atoms with van der Waals surface area (Å²) in [5, 5.41) is 0. The van der Waals surface area contributed by atoms with Crippen molar-refractivity contribution in [3.05, 3.63) is 23.0 Å². The van der Waals surface area contributed by atoms with Gasteiger partial charge in [0, 0.05) is 18.8 Å². The van der Waals surface area contributed by atoms with Gasteiger partial charge in [0.1, 0.15) is 5.82 Å². The van der Waals surface area contributed by atoms with Gasteiger partial charge in [-0.25, -0.2) is 4.99 Å². The molecule has 0 radical (unpaired) electrons. The lowest BCUT2D eigenvalue weighted by Crippen LogP contribution is -2.35. The maximum absolute atomic E-state index is 4.98. The Kier molecular flexibility index (Phi) is 15.5. The fraction of sp³-hybridized carbons (Fsp3) is 0.792. The van der Waals surface area contributed by atoms with Crippen LogP contribution in [0.3, 0.4) is 0 Å². The molecule has 0 saturated heterocycles. The topological polar surface area (TPSA) is 15.6 Å². The molecule has 152 valence electrons. The van der Waals surface area contributed by atoms with Crippen LogP contribution in [0.1, 0.15) is 113 Å². The Bertz CT molecular complexity index is 423. The molecule has 0 aliphatic rings. The predicted molar refractivity (Wildman–Crippen MR) is 120 cm³/mol. The molecule has 0 aliphatic carbocycles. The van der Waals surface area contributed by atoms with Crippen molar-refractivity contribution >= 4 is 6.21 Å². The number of allylic oxidation sites excluding steroid dienone is 3. The van der Waals surface area contributed by atoms with E-state index in [1.807, 2.05) is 6.21 Å². The average Bonchev–Trinajstić information content (AvgIpc) is 2.64. The Morgan fingerprint density at radius 3 is 1.96 bits per heavy atom. The molecule has 0 aromatic carbocycles. The van der Waals surface area contributed by atoms with Gasteiger partial charge in [-0.05, 0) is 57.6 Å². The van der Waals surface area contributed by atoms with Crippen molar-refractivity contribution in [1.29, 1.82) is 0 Å². The highest BCUT2D eigenvalue weighted by atomic mass is 15.2. The monoisotopic (exact) mass is 362 g/mol. The zero-order valence-corrected chi connectivity index (χ0v) is 18.9. The molecule has 2 nitrogen and oxygen atoms in total. The molecular formula is C24H46N2. The molecule has 0 fully saturated rings. The minimum absolute atomic E-state index is 0.629. The molecule has 0 atom stereocenters. The van der Waals surface area contributed by atoms with E-state index in [1.165, 1.54) is 68.3 Å². The van der Waals surface area contributed by atoms with Gasteiger partial charge in [-0.15, -0.1) is 0 Å². The molecule has 0 N–H and O–H groups in total. The molecule has 0 rings (SSSR count). The summed E-state index contributed by atoms with van der Waals surface area (Å²) in [5.41, 5.74) is 2.83.